The Balaban J connectivity index is 0.000000402. The summed E-state index contributed by atoms with van der Waals surface area (Å²) in [4.78, 5) is 39.2. The van der Waals surface area contributed by atoms with Gasteiger partial charge in [-0.1, -0.05) is 26.0 Å². The predicted molar refractivity (Wildman–Crippen MR) is 140 cm³/mol. The third-order valence-electron chi connectivity index (χ3n) is 5.51. The molecule has 1 amide bonds. The number of carboxylic acid groups (broad SMARTS) is 2. The van der Waals surface area contributed by atoms with Crippen LogP contribution in [0.3, 0.4) is 0 Å². The van der Waals surface area contributed by atoms with Gasteiger partial charge in [0.15, 0.2) is 5.69 Å². The van der Waals surface area contributed by atoms with E-state index in [1.165, 1.54) is 10.6 Å². The van der Waals surface area contributed by atoms with E-state index in [4.69, 9.17) is 19.8 Å². The second-order valence-corrected chi connectivity index (χ2v) is 11.1. The largest absolute Gasteiger partial charge is 0.490 e. The highest BCUT2D eigenvalue weighted by atomic mass is 32.2. The average Bonchev–Trinajstić information content (AvgIpc) is 3.31. The summed E-state index contributed by atoms with van der Waals surface area (Å²) in [5.74, 6) is -5.57. The summed E-state index contributed by atoms with van der Waals surface area (Å²) in [6, 6.07) is 10.3. The Bertz CT molecular complexity index is 1550. The van der Waals surface area contributed by atoms with Gasteiger partial charge in [0, 0.05) is 12.7 Å². The number of aromatic nitrogens is 3. The molecule has 1 aliphatic heterocycles. The number of hydrogen-bond acceptors (Lipinski definition) is 7. The molecule has 44 heavy (non-hydrogen) atoms. The Kier molecular flexibility index (Phi) is 11.6. The minimum atomic E-state index is -5.08. The molecular weight excluding hydrogens is 628 g/mol. The molecule has 19 heteroatoms. The monoisotopic (exact) mass is 653 g/mol. The van der Waals surface area contributed by atoms with Gasteiger partial charge in [0.1, 0.15) is 11.2 Å². The molecule has 3 aromatic rings. The number of nitrogens with zero attached hydrogens (tertiary/aromatic N) is 4. The topological polar surface area (TPSA) is 172 Å². The van der Waals surface area contributed by atoms with Crippen LogP contribution in [0.5, 0.6) is 0 Å². The number of benzene rings is 1. The number of para-hydroxylation sites is 1. The van der Waals surface area contributed by atoms with Crippen LogP contribution in [0.25, 0.3) is 5.69 Å². The number of halogens is 6. The van der Waals surface area contributed by atoms with E-state index >= 15 is 0 Å². The third-order valence-corrected chi connectivity index (χ3v) is 7.40. The minimum absolute atomic E-state index is 0.0690. The molecule has 0 radical (unpaired) electrons. The lowest BCUT2D eigenvalue weighted by Gasteiger charge is -2.21. The number of alkyl halides is 6. The molecule has 12 nitrogen and oxygen atoms in total. The fourth-order valence-electron chi connectivity index (χ4n) is 3.42. The second kappa shape index (κ2) is 14.3. The number of fused-ring (bicyclic) bond motifs is 3. The molecule has 3 N–H and O–H groups in total. The molecule has 1 aliphatic rings. The molecule has 2 aromatic heterocycles. The van der Waals surface area contributed by atoms with Gasteiger partial charge in [0.2, 0.25) is 10.0 Å². The maximum atomic E-state index is 13.4. The molecule has 0 aliphatic carbocycles. The SMILES string of the molecule is CC(C)CCN1Cc2c(C(=O)Nc3cccnc3)ncn2-c2ccccc2S1(=O)=O.O=C(O)C(F)(F)F.O=C(O)C(F)(F)F. The van der Waals surface area contributed by atoms with Gasteiger partial charge in [-0.3, -0.25) is 14.3 Å². The lowest BCUT2D eigenvalue weighted by molar-refractivity contribution is -0.193. The number of hydrogen-bond donors (Lipinski definition) is 3. The van der Waals surface area contributed by atoms with Gasteiger partial charge in [0.25, 0.3) is 5.91 Å². The first kappa shape index (κ1) is 35.7. The zero-order chi connectivity index (χ0) is 33.5. The number of aliphatic carboxylic acids is 2. The van der Waals surface area contributed by atoms with Gasteiger partial charge in [-0.25, -0.2) is 23.0 Å². The first-order valence-corrected chi connectivity index (χ1v) is 13.7. The number of pyridine rings is 1. The molecular formula is C25H25F6N5O7S. The van der Waals surface area contributed by atoms with Crippen LogP contribution in [-0.2, 0) is 26.2 Å². The Labute approximate surface area is 246 Å². The molecule has 0 spiro atoms. The van der Waals surface area contributed by atoms with Crippen molar-refractivity contribution >= 4 is 33.6 Å². The number of imidazole rings is 1. The molecule has 0 saturated heterocycles. The predicted octanol–water partition coefficient (Wildman–Crippen LogP) is 4.34. The summed E-state index contributed by atoms with van der Waals surface area (Å²) in [7, 11) is -3.71. The summed E-state index contributed by atoms with van der Waals surface area (Å²) in [5.41, 5.74) is 1.77. The minimum Gasteiger partial charge on any atom is -0.475 e. The zero-order valence-corrected chi connectivity index (χ0v) is 23.6. The second-order valence-electron chi connectivity index (χ2n) is 9.20. The van der Waals surface area contributed by atoms with Crippen LogP contribution in [0, 0.1) is 5.92 Å². The summed E-state index contributed by atoms with van der Waals surface area (Å²) in [5, 5.41) is 17.0. The van der Waals surface area contributed by atoms with Crippen LogP contribution in [-0.4, -0.2) is 74.2 Å². The van der Waals surface area contributed by atoms with E-state index in [2.05, 4.69) is 29.1 Å². The van der Waals surface area contributed by atoms with Crippen molar-refractivity contribution in [1.29, 1.82) is 0 Å². The molecule has 0 fully saturated rings. The van der Waals surface area contributed by atoms with Crippen molar-refractivity contribution in [2.24, 2.45) is 5.92 Å². The third kappa shape index (κ3) is 9.49. The molecule has 0 unspecified atom stereocenters. The van der Waals surface area contributed by atoms with E-state index in [9.17, 15) is 39.6 Å². The molecule has 1 aromatic carbocycles. The van der Waals surface area contributed by atoms with E-state index in [0.717, 1.165) is 0 Å². The van der Waals surface area contributed by atoms with Gasteiger partial charge < -0.3 is 15.5 Å². The smallest absolute Gasteiger partial charge is 0.475 e. The standard InChI is InChI=1S/C21H23N5O3S.2C2HF3O2/c1-15(2)9-11-25-13-18-20(21(27)24-16-6-5-10-22-12-16)23-14-26(18)17-7-3-4-8-19(17)30(25,28)29;2*3-2(4,5)1(6)7/h3-8,10,12,14-15H,9,11,13H2,1-2H3,(H,24,27);2*(H,6,7). The molecule has 0 saturated carbocycles. The zero-order valence-electron chi connectivity index (χ0n) is 22.8. The molecule has 3 heterocycles. The fraction of sp³-hybridized carbons (Fsp3) is 0.320. The van der Waals surface area contributed by atoms with Crippen LogP contribution >= 0.6 is 0 Å². The van der Waals surface area contributed by atoms with Crippen molar-refractivity contribution in [3.8, 4) is 5.69 Å². The number of rotatable bonds is 5. The van der Waals surface area contributed by atoms with Crippen molar-refractivity contribution in [3.05, 3.63) is 66.5 Å². The van der Waals surface area contributed by atoms with E-state index in [0.29, 0.717) is 36.0 Å². The quantitative estimate of drug-likeness (QED) is 0.339. The van der Waals surface area contributed by atoms with E-state index in [1.54, 1.807) is 53.4 Å². The molecule has 4 rings (SSSR count). The maximum Gasteiger partial charge on any atom is 0.490 e. The summed E-state index contributed by atoms with van der Waals surface area (Å²) in [6.07, 6.45) is -4.78. The summed E-state index contributed by atoms with van der Waals surface area (Å²) in [6.45, 7) is 4.54. The molecule has 0 atom stereocenters. The van der Waals surface area contributed by atoms with Crippen LogP contribution in [0.2, 0.25) is 0 Å². The lowest BCUT2D eigenvalue weighted by atomic mass is 10.1. The first-order chi connectivity index (χ1) is 20.3. The van der Waals surface area contributed by atoms with Gasteiger partial charge in [0.05, 0.1) is 29.8 Å². The highest BCUT2D eigenvalue weighted by molar-refractivity contribution is 7.89. The van der Waals surface area contributed by atoms with Gasteiger partial charge >= 0.3 is 24.3 Å². The van der Waals surface area contributed by atoms with Gasteiger partial charge in [-0.15, -0.1) is 0 Å². The van der Waals surface area contributed by atoms with Crippen molar-refractivity contribution in [1.82, 2.24) is 18.8 Å². The lowest BCUT2D eigenvalue weighted by Crippen LogP contribution is -2.32. The number of anilines is 1. The van der Waals surface area contributed by atoms with E-state index in [-0.39, 0.29) is 17.1 Å². The highest BCUT2D eigenvalue weighted by Gasteiger charge is 2.39. The summed E-state index contributed by atoms with van der Waals surface area (Å²) >= 11 is 0. The Morgan fingerprint density at radius 1 is 0.977 bits per heavy atom. The number of carbonyl (C=O) groups excluding carboxylic acids is 1. The number of nitrogens with one attached hydrogen (secondary N) is 1. The first-order valence-electron chi connectivity index (χ1n) is 12.2. The maximum absolute atomic E-state index is 13.4. The van der Waals surface area contributed by atoms with Gasteiger partial charge in [-0.05, 0) is 36.6 Å². The highest BCUT2D eigenvalue weighted by Crippen LogP contribution is 2.32. The Morgan fingerprint density at radius 2 is 1.55 bits per heavy atom. The number of sulfonamides is 1. The van der Waals surface area contributed by atoms with Crippen molar-refractivity contribution in [2.45, 2.75) is 44.1 Å². The van der Waals surface area contributed by atoms with Crippen LogP contribution in [0.4, 0.5) is 32.0 Å². The molecule has 240 valence electrons. The van der Waals surface area contributed by atoms with Crippen molar-refractivity contribution < 1.29 is 59.4 Å². The van der Waals surface area contributed by atoms with E-state index < -0.39 is 40.2 Å². The van der Waals surface area contributed by atoms with E-state index in [1.807, 2.05) is 0 Å². The van der Waals surface area contributed by atoms with Gasteiger partial charge in [-0.2, -0.15) is 30.6 Å². The summed E-state index contributed by atoms with van der Waals surface area (Å²) < 4.78 is 93.3. The number of carboxylic acids is 2. The Hall–Kier alpha value is -4.52. The number of carbonyl (C=O) groups is 3. The van der Waals surface area contributed by atoms with Crippen LogP contribution < -0.4 is 5.32 Å². The van der Waals surface area contributed by atoms with Crippen LogP contribution in [0.15, 0.2) is 60.0 Å². The van der Waals surface area contributed by atoms with Crippen LogP contribution in [0.1, 0.15) is 36.5 Å². The van der Waals surface area contributed by atoms with Crippen molar-refractivity contribution in [3.63, 3.8) is 0 Å². The Morgan fingerprint density at radius 3 is 2.05 bits per heavy atom. The van der Waals surface area contributed by atoms with Crippen molar-refractivity contribution in [2.75, 3.05) is 11.9 Å². The number of amides is 1. The fourth-order valence-corrected chi connectivity index (χ4v) is 5.01. The average molecular weight is 654 g/mol. The molecule has 0 bridgehead atoms. The normalized spacial score (nSPS) is 14.0.